The van der Waals surface area contributed by atoms with Crippen LogP contribution in [0.1, 0.15) is 0 Å². The van der Waals surface area contributed by atoms with Crippen molar-refractivity contribution in [2.75, 3.05) is 5.32 Å². The predicted molar refractivity (Wildman–Crippen MR) is 72.5 cm³/mol. The van der Waals surface area contributed by atoms with Crippen molar-refractivity contribution in [1.29, 1.82) is 0 Å². The van der Waals surface area contributed by atoms with Crippen molar-refractivity contribution in [2.45, 2.75) is 0 Å². The first-order valence-electron chi connectivity index (χ1n) is 5.24. The van der Waals surface area contributed by atoms with Gasteiger partial charge in [0.2, 0.25) is 0 Å². The summed E-state index contributed by atoms with van der Waals surface area (Å²) in [6, 6.07) is 9.87. The number of benzene rings is 2. The lowest BCUT2D eigenvalue weighted by molar-refractivity contribution is 0.215. The zero-order valence-corrected chi connectivity index (χ0v) is 11.0. The second-order valence-electron chi connectivity index (χ2n) is 3.60. The van der Waals surface area contributed by atoms with Crippen LogP contribution in [0.4, 0.5) is 14.9 Å². The molecule has 0 atom stereocenters. The molecule has 2 rings (SSSR count). The van der Waals surface area contributed by atoms with Gasteiger partial charge in [-0.15, -0.1) is 0 Å². The standard InChI is InChI=1S/C13H8Cl2FNO2/c14-11-5-4-9(7-12(11)15)17-13(18)19-10-3-1-2-8(16)6-10/h1-7H,(H,17,18). The fraction of sp³-hybridized carbons (Fsp3) is 0. The van der Waals surface area contributed by atoms with Crippen LogP contribution in [0.15, 0.2) is 42.5 Å². The minimum atomic E-state index is -0.746. The molecule has 2 aromatic rings. The Balaban J connectivity index is 2.03. The van der Waals surface area contributed by atoms with Crippen molar-refractivity contribution in [2.24, 2.45) is 0 Å². The van der Waals surface area contributed by atoms with Gasteiger partial charge in [-0.3, -0.25) is 5.32 Å². The maximum atomic E-state index is 12.9. The van der Waals surface area contributed by atoms with E-state index in [9.17, 15) is 9.18 Å². The summed E-state index contributed by atoms with van der Waals surface area (Å²) < 4.78 is 17.8. The number of hydrogen-bond donors (Lipinski definition) is 1. The molecule has 0 aliphatic rings. The fourth-order valence-corrected chi connectivity index (χ4v) is 1.65. The summed E-state index contributed by atoms with van der Waals surface area (Å²) in [6.45, 7) is 0. The minimum Gasteiger partial charge on any atom is -0.410 e. The average Bonchev–Trinajstić information content (AvgIpc) is 2.34. The van der Waals surface area contributed by atoms with Gasteiger partial charge in [0.1, 0.15) is 11.6 Å². The van der Waals surface area contributed by atoms with Gasteiger partial charge in [0.25, 0.3) is 0 Å². The predicted octanol–water partition coefficient (Wildman–Crippen LogP) is 4.74. The Hall–Kier alpha value is -1.78. The second kappa shape index (κ2) is 5.91. The summed E-state index contributed by atoms with van der Waals surface area (Å²) in [5, 5.41) is 3.14. The highest BCUT2D eigenvalue weighted by Gasteiger charge is 2.07. The van der Waals surface area contributed by atoms with Crippen molar-refractivity contribution >= 4 is 35.0 Å². The van der Waals surface area contributed by atoms with Gasteiger partial charge in [0.15, 0.2) is 0 Å². The Kier molecular flexibility index (Phi) is 4.24. The monoisotopic (exact) mass is 299 g/mol. The lowest BCUT2D eigenvalue weighted by Gasteiger charge is -2.07. The fourth-order valence-electron chi connectivity index (χ4n) is 1.35. The van der Waals surface area contributed by atoms with Gasteiger partial charge in [-0.25, -0.2) is 9.18 Å². The van der Waals surface area contributed by atoms with Crippen LogP contribution in [0.3, 0.4) is 0 Å². The molecule has 2 aromatic carbocycles. The first-order chi connectivity index (χ1) is 9.04. The maximum absolute atomic E-state index is 12.9. The number of rotatable bonds is 2. The molecule has 0 aromatic heterocycles. The van der Waals surface area contributed by atoms with Crippen LogP contribution >= 0.6 is 23.2 Å². The molecule has 6 heteroatoms. The topological polar surface area (TPSA) is 38.3 Å². The zero-order chi connectivity index (χ0) is 13.8. The molecule has 0 bridgehead atoms. The molecule has 0 unspecified atom stereocenters. The van der Waals surface area contributed by atoms with Crippen molar-refractivity contribution in [3.05, 3.63) is 58.3 Å². The highest BCUT2D eigenvalue weighted by Crippen LogP contribution is 2.25. The van der Waals surface area contributed by atoms with E-state index in [0.717, 1.165) is 6.07 Å². The van der Waals surface area contributed by atoms with Crippen molar-refractivity contribution < 1.29 is 13.9 Å². The summed E-state index contributed by atoms with van der Waals surface area (Å²) >= 11 is 11.6. The van der Waals surface area contributed by atoms with Gasteiger partial charge in [-0.1, -0.05) is 29.3 Å². The number of carbonyl (C=O) groups is 1. The molecule has 0 fully saturated rings. The SMILES string of the molecule is O=C(Nc1ccc(Cl)c(Cl)c1)Oc1cccc(F)c1. The molecule has 1 amide bonds. The van der Waals surface area contributed by atoms with Crippen LogP contribution in [-0.4, -0.2) is 6.09 Å². The van der Waals surface area contributed by atoms with Crippen LogP contribution in [-0.2, 0) is 0 Å². The molecule has 0 spiro atoms. The van der Waals surface area contributed by atoms with Crippen molar-refractivity contribution in [3.8, 4) is 5.75 Å². The molecular weight excluding hydrogens is 292 g/mol. The summed E-state index contributed by atoms with van der Waals surface area (Å²) in [7, 11) is 0. The normalized spacial score (nSPS) is 10.1. The van der Waals surface area contributed by atoms with Crippen molar-refractivity contribution in [1.82, 2.24) is 0 Å². The van der Waals surface area contributed by atoms with Crippen LogP contribution in [0.5, 0.6) is 5.75 Å². The van der Waals surface area contributed by atoms with E-state index in [-0.39, 0.29) is 5.75 Å². The molecule has 0 aliphatic carbocycles. The van der Waals surface area contributed by atoms with E-state index in [1.807, 2.05) is 0 Å². The third-order valence-electron chi connectivity index (χ3n) is 2.17. The highest BCUT2D eigenvalue weighted by molar-refractivity contribution is 6.42. The molecule has 0 radical (unpaired) electrons. The molecule has 0 saturated heterocycles. The molecule has 3 nitrogen and oxygen atoms in total. The van der Waals surface area contributed by atoms with Gasteiger partial charge in [-0.05, 0) is 30.3 Å². The Morgan fingerprint density at radius 1 is 1.11 bits per heavy atom. The lowest BCUT2D eigenvalue weighted by Crippen LogP contribution is -2.16. The minimum absolute atomic E-state index is 0.109. The quantitative estimate of drug-likeness (QED) is 0.869. The van der Waals surface area contributed by atoms with E-state index < -0.39 is 11.9 Å². The van der Waals surface area contributed by atoms with Crippen LogP contribution < -0.4 is 10.1 Å². The first-order valence-corrected chi connectivity index (χ1v) is 5.99. The summed E-state index contributed by atoms with van der Waals surface area (Å²) in [4.78, 5) is 11.6. The van der Waals surface area contributed by atoms with Gasteiger partial charge < -0.3 is 4.74 Å². The maximum Gasteiger partial charge on any atom is 0.417 e. The molecule has 1 N–H and O–H groups in total. The van der Waals surface area contributed by atoms with Gasteiger partial charge in [0, 0.05) is 11.8 Å². The third kappa shape index (κ3) is 3.84. The van der Waals surface area contributed by atoms with E-state index in [1.165, 1.54) is 24.3 Å². The molecule has 0 aliphatic heterocycles. The molecule has 0 saturated carbocycles. The number of nitrogens with one attached hydrogen (secondary N) is 1. The number of ether oxygens (including phenoxy) is 1. The number of carbonyl (C=O) groups excluding carboxylic acids is 1. The smallest absolute Gasteiger partial charge is 0.410 e. The highest BCUT2D eigenvalue weighted by atomic mass is 35.5. The number of halogens is 3. The molecule has 0 heterocycles. The van der Waals surface area contributed by atoms with Crippen molar-refractivity contribution in [3.63, 3.8) is 0 Å². The third-order valence-corrected chi connectivity index (χ3v) is 2.91. The summed E-state index contributed by atoms with van der Waals surface area (Å²) in [5.41, 5.74) is 0.427. The molecule has 19 heavy (non-hydrogen) atoms. The van der Waals surface area contributed by atoms with Gasteiger partial charge in [-0.2, -0.15) is 0 Å². The Morgan fingerprint density at radius 3 is 2.58 bits per heavy atom. The van der Waals surface area contributed by atoms with Crippen LogP contribution in [0.25, 0.3) is 0 Å². The lowest BCUT2D eigenvalue weighted by atomic mass is 10.3. The van der Waals surface area contributed by atoms with E-state index in [0.29, 0.717) is 15.7 Å². The second-order valence-corrected chi connectivity index (χ2v) is 4.42. The van der Waals surface area contributed by atoms with E-state index in [4.69, 9.17) is 27.9 Å². The number of amides is 1. The van der Waals surface area contributed by atoms with Gasteiger partial charge >= 0.3 is 6.09 Å². The summed E-state index contributed by atoms with van der Waals surface area (Å²) in [6.07, 6.45) is -0.746. The number of hydrogen-bond acceptors (Lipinski definition) is 2. The molecular formula is C13H8Cl2FNO2. The molecule has 98 valence electrons. The van der Waals surface area contributed by atoms with Crippen LogP contribution in [0, 0.1) is 5.82 Å². The van der Waals surface area contributed by atoms with E-state index in [1.54, 1.807) is 12.1 Å². The number of anilines is 1. The van der Waals surface area contributed by atoms with Crippen LogP contribution in [0.2, 0.25) is 10.0 Å². The average molecular weight is 300 g/mol. The van der Waals surface area contributed by atoms with Gasteiger partial charge in [0.05, 0.1) is 10.0 Å². The Morgan fingerprint density at radius 2 is 1.89 bits per heavy atom. The van der Waals surface area contributed by atoms with E-state index >= 15 is 0 Å². The Bertz CT molecular complexity index is 619. The largest absolute Gasteiger partial charge is 0.417 e. The Labute approximate surface area is 118 Å². The van der Waals surface area contributed by atoms with E-state index in [2.05, 4.69) is 5.32 Å². The first kappa shape index (κ1) is 13.6. The zero-order valence-electron chi connectivity index (χ0n) is 9.49. The summed E-state index contributed by atoms with van der Waals surface area (Å²) in [5.74, 6) is -0.377.